The quantitative estimate of drug-likeness (QED) is 0.614. The molecule has 0 amide bonds. The van der Waals surface area contributed by atoms with Crippen molar-refractivity contribution in [3.05, 3.63) is 9.90 Å². The van der Waals surface area contributed by atoms with Crippen LogP contribution < -0.4 is 4.74 Å². The molecule has 13 heavy (non-hydrogen) atoms. The van der Waals surface area contributed by atoms with Gasteiger partial charge in [0.1, 0.15) is 0 Å². The molecule has 0 bridgehead atoms. The summed E-state index contributed by atoms with van der Waals surface area (Å²) in [6.07, 6.45) is 0.909. The lowest BCUT2D eigenvalue weighted by Crippen LogP contribution is -2.10. The van der Waals surface area contributed by atoms with E-state index in [9.17, 15) is 4.79 Å². The molecular formula is C7H9IN2O3. The zero-order valence-electron chi connectivity index (χ0n) is 7.28. The number of carbonyl (C=O) groups excluding carboxylic acids is 1. The minimum Gasteiger partial charge on any atom is -0.434 e. The van der Waals surface area contributed by atoms with Gasteiger partial charge in [-0.05, 0) is 29.5 Å². The van der Waals surface area contributed by atoms with Crippen molar-refractivity contribution in [2.45, 2.75) is 6.92 Å². The third kappa shape index (κ3) is 2.87. The molecule has 1 aromatic heterocycles. The average molecular weight is 296 g/mol. The standard InChI is InChI=1S/C7H9IN2O3/c1-3-12-7(11)13-5-4-10(2)9-6(5)8/h4H,3H2,1-2H3. The molecule has 0 spiro atoms. The molecule has 0 atom stereocenters. The van der Waals surface area contributed by atoms with Gasteiger partial charge in [-0.25, -0.2) is 4.79 Å². The van der Waals surface area contributed by atoms with Gasteiger partial charge in [-0.2, -0.15) is 5.10 Å². The highest BCUT2D eigenvalue weighted by molar-refractivity contribution is 14.1. The Balaban J connectivity index is 2.63. The molecule has 0 N–H and O–H groups in total. The molecule has 0 aliphatic rings. The molecule has 5 nitrogen and oxygen atoms in total. The van der Waals surface area contributed by atoms with Crippen LogP contribution in [-0.4, -0.2) is 22.5 Å². The van der Waals surface area contributed by atoms with Crippen molar-refractivity contribution in [3.8, 4) is 5.75 Å². The summed E-state index contributed by atoms with van der Waals surface area (Å²) in [5.41, 5.74) is 0. The number of aromatic nitrogens is 2. The van der Waals surface area contributed by atoms with E-state index in [0.29, 0.717) is 16.1 Å². The number of hydrogen-bond donors (Lipinski definition) is 0. The molecule has 1 heterocycles. The van der Waals surface area contributed by atoms with Crippen molar-refractivity contribution < 1.29 is 14.3 Å². The van der Waals surface area contributed by atoms with Crippen molar-refractivity contribution in [2.75, 3.05) is 6.61 Å². The van der Waals surface area contributed by atoms with Gasteiger partial charge < -0.3 is 9.47 Å². The Labute approximate surface area is 89.1 Å². The van der Waals surface area contributed by atoms with E-state index in [2.05, 4.69) is 9.84 Å². The van der Waals surface area contributed by atoms with Crippen LogP contribution in [0.5, 0.6) is 5.75 Å². The predicted octanol–water partition coefficient (Wildman–Crippen LogP) is 1.56. The fourth-order valence-electron chi connectivity index (χ4n) is 0.745. The summed E-state index contributed by atoms with van der Waals surface area (Å²) in [4.78, 5) is 10.9. The Morgan fingerprint density at radius 1 is 1.77 bits per heavy atom. The van der Waals surface area contributed by atoms with Crippen molar-refractivity contribution in [3.63, 3.8) is 0 Å². The number of rotatable bonds is 2. The Bertz CT molecular complexity index is 311. The molecule has 0 radical (unpaired) electrons. The fraction of sp³-hybridized carbons (Fsp3) is 0.429. The van der Waals surface area contributed by atoms with E-state index in [1.165, 1.54) is 0 Å². The van der Waals surface area contributed by atoms with Crippen molar-refractivity contribution in [1.29, 1.82) is 0 Å². The molecule has 0 saturated heterocycles. The molecule has 6 heteroatoms. The number of aryl methyl sites for hydroxylation is 1. The van der Waals surface area contributed by atoms with Crippen LogP contribution >= 0.6 is 22.6 Å². The van der Waals surface area contributed by atoms with Crippen LogP contribution in [0.25, 0.3) is 0 Å². The minimum atomic E-state index is -0.701. The van der Waals surface area contributed by atoms with Crippen LogP contribution in [0.3, 0.4) is 0 Å². The number of nitrogens with zero attached hydrogens (tertiary/aromatic N) is 2. The van der Waals surface area contributed by atoms with E-state index in [1.807, 2.05) is 22.6 Å². The Kier molecular flexibility index (Phi) is 3.52. The van der Waals surface area contributed by atoms with Crippen LogP contribution in [0.15, 0.2) is 6.20 Å². The van der Waals surface area contributed by atoms with Crippen LogP contribution in [0.2, 0.25) is 0 Å². The van der Waals surface area contributed by atoms with E-state index in [4.69, 9.17) is 4.74 Å². The smallest absolute Gasteiger partial charge is 0.434 e. The monoisotopic (exact) mass is 296 g/mol. The lowest BCUT2D eigenvalue weighted by molar-refractivity contribution is 0.104. The summed E-state index contributed by atoms with van der Waals surface area (Å²) < 4.78 is 11.7. The third-order valence-electron chi connectivity index (χ3n) is 1.21. The first kappa shape index (κ1) is 10.3. The van der Waals surface area contributed by atoms with Gasteiger partial charge in [0.25, 0.3) is 0 Å². The lowest BCUT2D eigenvalue weighted by Gasteiger charge is -2.00. The number of ether oxygens (including phenoxy) is 2. The summed E-state index contributed by atoms with van der Waals surface area (Å²) in [7, 11) is 1.75. The average Bonchev–Trinajstić information content (AvgIpc) is 2.30. The maximum Gasteiger partial charge on any atom is 0.513 e. The number of carbonyl (C=O) groups is 1. The maximum absolute atomic E-state index is 10.9. The Morgan fingerprint density at radius 3 is 2.92 bits per heavy atom. The van der Waals surface area contributed by atoms with E-state index in [0.717, 1.165) is 0 Å². The molecule has 1 rings (SSSR count). The lowest BCUT2D eigenvalue weighted by atomic mass is 10.7. The third-order valence-corrected chi connectivity index (χ3v) is 1.96. The Morgan fingerprint density at radius 2 is 2.46 bits per heavy atom. The first-order valence-electron chi connectivity index (χ1n) is 3.67. The Hall–Kier alpha value is -0.790. The van der Waals surface area contributed by atoms with Gasteiger partial charge in [-0.15, -0.1) is 0 Å². The second-order valence-corrected chi connectivity index (χ2v) is 3.26. The van der Waals surface area contributed by atoms with Crippen molar-refractivity contribution in [1.82, 2.24) is 9.78 Å². The molecule has 1 aromatic rings. The molecule has 0 saturated carbocycles. The molecular weight excluding hydrogens is 287 g/mol. The first-order valence-corrected chi connectivity index (χ1v) is 4.75. The van der Waals surface area contributed by atoms with Crippen LogP contribution in [0.1, 0.15) is 6.92 Å². The van der Waals surface area contributed by atoms with Gasteiger partial charge >= 0.3 is 6.16 Å². The summed E-state index contributed by atoms with van der Waals surface area (Å²) in [6, 6.07) is 0. The summed E-state index contributed by atoms with van der Waals surface area (Å²) in [5.74, 6) is 0.418. The van der Waals surface area contributed by atoms with Crippen molar-refractivity contribution in [2.24, 2.45) is 7.05 Å². The molecule has 72 valence electrons. The van der Waals surface area contributed by atoms with Gasteiger partial charge in [0, 0.05) is 7.05 Å². The zero-order chi connectivity index (χ0) is 9.84. The zero-order valence-corrected chi connectivity index (χ0v) is 9.44. The second kappa shape index (κ2) is 4.45. The minimum absolute atomic E-state index is 0.301. The fourth-order valence-corrected chi connectivity index (χ4v) is 1.33. The normalized spacial score (nSPS) is 9.77. The van der Waals surface area contributed by atoms with E-state index >= 15 is 0 Å². The second-order valence-electron chi connectivity index (χ2n) is 2.24. The summed E-state index contributed by atoms with van der Waals surface area (Å²) in [6.45, 7) is 2.02. The number of halogens is 1. The first-order chi connectivity index (χ1) is 6.13. The number of hydrogen-bond acceptors (Lipinski definition) is 4. The highest BCUT2D eigenvalue weighted by Gasteiger charge is 2.11. The molecule has 0 unspecified atom stereocenters. The molecule has 0 aromatic carbocycles. The highest BCUT2D eigenvalue weighted by atomic mass is 127. The van der Waals surface area contributed by atoms with Crippen LogP contribution in [0.4, 0.5) is 4.79 Å². The topological polar surface area (TPSA) is 53.4 Å². The van der Waals surface area contributed by atoms with E-state index < -0.39 is 6.16 Å². The SMILES string of the molecule is CCOC(=O)Oc1cn(C)nc1I. The van der Waals surface area contributed by atoms with Crippen LogP contribution in [-0.2, 0) is 11.8 Å². The van der Waals surface area contributed by atoms with E-state index in [1.54, 1.807) is 24.9 Å². The predicted molar refractivity (Wildman–Crippen MR) is 53.6 cm³/mol. The van der Waals surface area contributed by atoms with Gasteiger partial charge in [0.05, 0.1) is 12.8 Å². The molecule has 0 fully saturated rings. The maximum atomic E-state index is 10.9. The molecule has 0 aliphatic heterocycles. The van der Waals surface area contributed by atoms with E-state index in [-0.39, 0.29) is 0 Å². The van der Waals surface area contributed by atoms with Gasteiger partial charge in [0.15, 0.2) is 9.45 Å². The van der Waals surface area contributed by atoms with Gasteiger partial charge in [0.2, 0.25) is 0 Å². The molecule has 0 aliphatic carbocycles. The van der Waals surface area contributed by atoms with Crippen molar-refractivity contribution >= 4 is 28.7 Å². The van der Waals surface area contributed by atoms with Gasteiger partial charge in [-0.1, -0.05) is 0 Å². The largest absolute Gasteiger partial charge is 0.513 e. The highest BCUT2D eigenvalue weighted by Crippen LogP contribution is 2.18. The van der Waals surface area contributed by atoms with Gasteiger partial charge in [-0.3, -0.25) is 4.68 Å². The summed E-state index contributed by atoms with van der Waals surface area (Å²) in [5, 5.41) is 3.99. The summed E-state index contributed by atoms with van der Waals surface area (Å²) >= 11 is 1.98. The van der Waals surface area contributed by atoms with Crippen LogP contribution in [0, 0.1) is 3.70 Å².